The van der Waals surface area contributed by atoms with Gasteiger partial charge in [-0.15, -0.1) is 0 Å². The second-order valence-electron chi connectivity index (χ2n) is 25.6. The Labute approximate surface area is 501 Å². The predicted molar refractivity (Wildman–Crippen MR) is 352 cm³/mol. The van der Waals surface area contributed by atoms with E-state index >= 15 is 0 Å². The molecule has 0 heterocycles. The molecule has 2 unspecified atom stereocenters. The second-order valence-corrected chi connectivity index (χ2v) is 25.6. The third-order valence-corrected chi connectivity index (χ3v) is 17.6. The van der Waals surface area contributed by atoms with Crippen LogP contribution in [0.4, 0.5) is 0 Å². The van der Waals surface area contributed by atoms with E-state index in [9.17, 15) is 19.8 Å². The largest absolute Gasteiger partial charge is 0.466 e. The smallest absolute Gasteiger partial charge is 0.305 e. The highest BCUT2D eigenvalue weighted by molar-refractivity contribution is 5.76. The molecule has 3 N–H and O–H groups in total. The van der Waals surface area contributed by atoms with Crippen LogP contribution < -0.4 is 5.32 Å². The number of hydrogen-bond acceptors (Lipinski definition) is 5. The SMILES string of the molecule is CCCCCCCCCCCCCCC(=O)OCCCCCCCCCCCCCCCCCCCC/C=C\CCCCCCCCCCCCCCCCCCCC(=O)NC(CO)C(O)CCCCCCCCCCCCCC. The van der Waals surface area contributed by atoms with E-state index in [1.807, 2.05) is 0 Å². The monoisotopic (exact) mass is 1130 g/mol. The van der Waals surface area contributed by atoms with Crippen molar-refractivity contribution in [3.8, 4) is 0 Å². The number of amides is 1. The molecular formula is C74H145NO5. The number of rotatable bonds is 70. The number of hydrogen-bond donors (Lipinski definition) is 3. The Balaban J connectivity index is 3.29. The van der Waals surface area contributed by atoms with Crippen LogP contribution in [0, 0.1) is 0 Å². The summed E-state index contributed by atoms with van der Waals surface area (Å²) in [7, 11) is 0. The lowest BCUT2D eigenvalue weighted by atomic mass is 10.0. The van der Waals surface area contributed by atoms with E-state index < -0.39 is 12.1 Å². The summed E-state index contributed by atoms with van der Waals surface area (Å²) in [6.45, 7) is 4.99. The molecule has 1 amide bonds. The molecule has 0 radical (unpaired) electrons. The fourth-order valence-corrected chi connectivity index (χ4v) is 11.9. The Kier molecular flexibility index (Phi) is 68.9. The molecule has 80 heavy (non-hydrogen) atoms. The van der Waals surface area contributed by atoms with Crippen LogP contribution in [0.25, 0.3) is 0 Å². The van der Waals surface area contributed by atoms with Crippen LogP contribution >= 0.6 is 0 Å². The van der Waals surface area contributed by atoms with Crippen molar-refractivity contribution < 1.29 is 24.5 Å². The lowest BCUT2D eigenvalue weighted by Gasteiger charge is -2.22. The van der Waals surface area contributed by atoms with Gasteiger partial charge in [-0.1, -0.05) is 373 Å². The maximum absolute atomic E-state index is 12.5. The van der Waals surface area contributed by atoms with Crippen LogP contribution in [0.2, 0.25) is 0 Å². The molecule has 0 aliphatic carbocycles. The van der Waals surface area contributed by atoms with Crippen molar-refractivity contribution in [2.24, 2.45) is 0 Å². The average Bonchev–Trinajstić information content (AvgIpc) is 3.46. The number of allylic oxidation sites excluding steroid dienone is 2. The van der Waals surface area contributed by atoms with Crippen LogP contribution in [0.15, 0.2) is 12.2 Å². The minimum atomic E-state index is -0.659. The van der Waals surface area contributed by atoms with E-state index in [1.165, 1.54) is 353 Å². The van der Waals surface area contributed by atoms with Crippen molar-refractivity contribution in [2.45, 2.75) is 437 Å². The Bertz CT molecular complexity index is 1210. The summed E-state index contributed by atoms with van der Waals surface area (Å²) >= 11 is 0. The molecule has 6 heteroatoms. The molecule has 0 aromatic carbocycles. The zero-order valence-electron chi connectivity index (χ0n) is 54.6. The summed E-state index contributed by atoms with van der Waals surface area (Å²) in [4.78, 5) is 24.5. The number of aliphatic hydroxyl groups excluding tert-OH is 2. The normalized spacial score (nSPS) is 12.5. The van der Waals surface area contributed by atoms with E-state index in [2.05, 4.69) is 31.3 Å². The number of unbranched alkanes of at least 4 members (excludes halogenated alkanes) is 57. The van der Waals surface area contributed by atoms with Crippen molar-refractivity contribution in [3.05, 3.63) is 12.2 Å². The van der Waals surface area contributed by atoms with Gasteiger partial charge in [-0.05, 0) is 51.4 Å². The standard InChI is InChI=1S/C74H145NO5/c1-3-5-7-9-11-13-15-46-50-54-58-62-66-72(77)71(70-76)75-73(78)67-63-59-55-51-47-44-42-40-38-36-34-32-30-28-26-24-22-20-18-17-19-21-23-25-27-29-31-33-35-37-39-41-43-45-49-53-57-61-65-69-80-74(79)68-64-60-56-52-48-16-14-12-10-8-6-4-2/h17-18,71-72,76-77H,3-16,19-70H2,1-2H3,(H,75,78)/b18-17-. The molecule has 0 aliphatic heterocycles. The van der Waals surface area contributed by atoms with Crippen molar-refractivity contribution >= 4 is 11.9 Å². The summed E-state index contributed by atoms with van der Waals surface area (Å²) in [5.74, 6) is -0.00458. The molecule has 0 aromatic heterocycles. The Hall–Kier alpha value is -1.40. The third kappa shape index (κ3) is 65.7. The van der Waals surface area contributed by atoms with Crippen LogP contribution in [0.1, 0.15) is 425 Å². The third-order valence-electron chi connectivity index (χ3n) is 17.6. The number of esters is 1. The van der Waals surface area contributed by atoms with Gasteiger partial charge in [0.2, 0.25) is 5.91 Å². The Morgan fingerprint density at radius 1 is 0.338 bits per heavy atom. The fourth-order valence-electron chi connectivity index (χ4n) is 11.9. The number of aliphatic hydroxyl groups is 2. The topological polar surface area (TPSA) is 95.9 Å². The van der Waals surface area contributed by atoms with E-state index in [0.717, 1.165) is 38.5 Å². The predicted octanol–water partition coefficient (Wildman–Crippen LogP) is 23.9. The number of carbonyl (C=O) groups excluding carboxylic acids is 2. The van der Waals surface area contributed by atoms with Gasteiger partial charge in [0.05, 0.1) is 25.4 Å². The quantitative estimate of drug-likeness (QED) is 0.0320. The maximum atomic E-state index is 12.5. The molecule has 0 aliphatic rings. The van der Waals surface area contributed by atoms with Gasteiger partial charge in [-0.3, -0.25) is 9.59 Å². The van der Waals surface area contributed by atoms with Gasteiger partial charge in [0.25, 0.3) is 0 Å². The van der Waals surface area contributed by atoms with Gasteiger partial charge in [-0.25, -0.2) is 0 Å². The number of carbonyl (C=O) groups is 2. The minimum absolute atomic E-state index is 0.0239. The van der Waals surface area contributed by atoms with Crippen LogP contribution in [-0.2, 0) is 14.3 Å². The molecule has 0 fully saturated rings. The van der Waals surface area contributed by atoms with Gasteiger partial charge in [-0.2, -0.15) is 0 Å². The summed E-state index contributed by atoms with van der Waals surface area (Å²) in [5.41, 5.74) is 0. The van der Waals surface area contributed by atoms with Crippen molar-refractivity contribution in [2.75, 3.05) is 13.2 Å². The maximum Gasteiger partial charge on any atom is 0.305 e. The van der Waals surface area contributed by atoms with E-state index in [0.29, 0.717) is 25.9 Å². The summed E-state index contributed by atoms with van der Waals surface area (Å²) < 4.78 is 5.49. The molecule has 0 saturated heterocycles. The Morgan fingerprint density at radius 3 is 0.887 bits per heavy atom. The highest BCUT2D eigenvalue weighted by atomic mass is 16.5. The van der Waals surface area contributed by atoms with Gasteiger partial charge in [0.1, 0.15) is 0 Å². The second kappa shape index (κ2) is 70.1. The molecule has 6 nitrogen and oxygen atoms in total. The number of ether oxygens (including phenoxy) is 1. The fraction of sp³-hybridized carbons (Fsp3) is 0.946. The van der Waals surface area contributed by atoms with E-state index in [4.69, 9.17) is 4.74 Å². The lowest BCUT2D eigenvalue weighted by Crippen LogP contribution is -2.45. The highest BCUT2D eigenvalue weighted by Crippen LogP contribution is 2.19. The molecule has 0 saturated carbocycles. The summed E-state index contributed by atoms with van der Waals surface area (Å²) in [5, 5.41) is 23.3. The molecule has 0 bridgehead atoms. The van der Waals surface area contributed by atoms with Crippen LogP contribution in [0.5, 0.6) is 0 Å². The van der Waals surface area contributed by atoms with Crippen LogP contribution in [0.3, 0.4) is 0 Å². The van der Waals surface area contributed by atoms with Gasteiger partial charge in [0.15, 0.2) is 0 Å². The summed E-state index contributed by atoms with van der Waals surface area (Å²) in [6.07, 6.45) is 87.3. The number of nitrogens with one attached hydrogen (secondary N) is 1. The molecular weight excluding hydrogens is 983 g/mol. The van der Waals surface area contributed by atoms with Crippen molar-refractivity contribution in [3.63, 3.8) is 0 Å². The average molecular weight is 1130 g/mol. The summed E-state index contributed by atoms with van der Waals surface area (Å²) in [6, 6.07) is -0.536. The molecule has 0 spiro atoms. The zero-order valence-corrected chi connectivity index (χ0v) is 54.6. The van der Waals surface area contributed by atoms with Gasteiger partial charge >= 0.3 is 5.97 Å². The minimum Gasteiger partial charge on any atom is -0.466 e. The van der Waals surface area contributed by atoms with Crippen molar-refractivity contribution in [1.82, 2.24) is 5.32 Å². The first-order chi connectivity index (χ1) is 39.5. The first-order valence-electron chi connectivity index (χ1n) is 36.9. The lowest BCUT2D eigenvalue weighted by molar-refractivity contribution is -0.143. The molecule has 476 valence electrons. The Morgan fingerprint density at radius 2 is 0.588 bits per heavy atom. The van der Waals surface area contributed by atoms with Gasteiger partial charge < -0.3 is 20.3 Å². The molecule has 2 atom stereocenters. The van der Waals surface area contributed by atoms with Gasteiger partial charge in [0, 0.05) is 12.8 Å². The molecule has 0 rings (SSSR count). The first kappa shape index (κ1) is 78.6. The van der Waals surface area contributed by atoms with E-state index in [-0.39, 0.29) is 18.5 Å². The van der Waals surface area contributed by atoms with Crippen molar-refractivity contribution in [1.29, 1.82) is 0 Å². The zero-order chi connectivity index (χ0) is 57.8. The van der Waals surface area contributed by atoms with E-state index in [1.54, 1.807) is 0 Å². The molecule has 0 aromatic rings. The highest BCUT2D eigenvalue weighted by Gasteiger charge is 2.20. The first-order valence-corrected chi connectivity index (χ1v) is 36.9. The van der Waals surface area contributed by atoms with Crippen LogP contribution in [-0.4, -0.2) is 47.4 Å².